The summed E-state index contributed by atoms with van der Waals surface area (Å²) in [6.45, 7) is 6.94. The molecule has 1 rings (SSSR count). The van der Waals surface area contributed by atoms with Crippen molar-refractivity contribution in [1.29, 1.82) is 0 Å². The monoisotopic (exact) mass is 290 g/mol. The summed E-state index contributed by atoms with van der Waals surface area (Å²) >= 11 is 3.30. The lowest BCUT2D eigenvalue weighted by atomic mass is 10.2. The molecule has 5 heteroatoms. The average Bonchev–Trinajstić information content (AvgIpc) is 2.50. The zero-order valence-corrected chi connectivity index (χ0v) is 11.6. The molecule has 1 heterocycles. The van der Waals surface area contributed by atoms with Gasteiger partial charge in [0, 0.05) is 25.6 Å². The maximum atomic E-state index is 11.7. The van der Waals surface area contributed by atoms with Gasteiger partial charge in [-0.1, -0.05) is 15.9 Å². The molecule has 4 nitrogen and oxygen atoms in total. The summed E-state index contributed by atoms with van der Waals surface area (Å²) in [7, 11) is 0. The number of nitrogens with zero attached hydrogens (tertiary/aromatic N) is 1. The van der Waals surface area contributed by atoms with Crippen LogP contribution >= 0.6 is 15.9 Å². The number of alkyl halides is 1. The molecule has 1 atom stereocenters. The lowest BCUT2D eigenvalue weighted by Crippen LogP contribution is -2.47. The van der Waals surface area contributed by atoms with Crippen LogP contribution in [0, 0.1) is 0 Å². The van der Waals surface area contributed by atoms with Crippen molar-refractivity contribution in [1.82, 2.24) is 10.2 Å². The van der Waals surface area contributed by atoms with E-state index in [1.807, 2.05) is 11.8 Å². The molecule has 1 N–H and O–H groups in total. The van der Waals surface area contributed by atoms with Gasteiger partial charge in [-0.05, 0) is 27.2 Å². The molecule has 0 aromatic carbocycles. The fraction of sp³-hybridized carbons (Fsp3) is 0.818. The molecule has 16 heavy (non-hydrogen) atoms. The normalized spacial score (nSPS) is 18.8. The fourth-order valence-electron chi connectivity index (χ4n) is 1.67. The standard InChI is InChI=1S/C11H19BrN2O2/c1-8(13-10(16)11(2,3)12)7-14-6-4-5-9(14)15/h8H,4-7H2,1-3H3,(H,13,16). The molecular formula is C11H19BrN2O2. The van der Waals surface area contributed by atoms with Crippen LogP contribution in [-0.2, 0) is 9.59 Å². The molecule has 92 valence electrons. The van der Waals surface area contributed by atoms with Crippen molar-refractivity contribution in [3.63, 3.8) is 0 Å². The van der Waals surface area contributed by atoms with Gasteiger partial charge in [-0.25, -0.2) is 0 Å². The van der Waals surface area contributed by atoms with Gasteiger partial charge in [-0.3, -0.25) is 9.59 Å². The highest BCUT2D eigenvalue weighted by Gasteiger charge is 2.27. The van der Waals surface area contributed by atoms with Gasteiger partial charge < -0.3 is 10.2 Å². The van der Waals surface area contributed by atoms with Crippen LogP contribution in [0.2, 0.25) is 0 Å². The number of carbonyl (C=O) groups is 2. The van der Waals surface area contributed by atoms with Crippen molar-refractivity contribution in [2.75, 3.05) is 13.1 Å². The summed E-state index contributed by atoms with van der Waals surface area (Å²) < 4.78 is -0.559. The van der Waals surface area contributed by atoms with Crippen molar-refractivity contribution in [3.8, 4) is 0 Å². The SMILES string of the molecule is CC(CN1CCCC1=O)NC(=O)C(C)(C)Br. The topological polar surface area (TPSA) is 49.4 Å². The molecule has 0 saturated carbocycles. The molecule has 0 aromatic rings. The number of amides is 2. The zero-order chi connectivity index (χ0) is 12.3. The maximum absolute atomic E-state index is 11.7. The minimum Gasteiger partial charge on any atom is -0.351 e. The van der Waals surface area contributed by atoms with Crippen molar-refractivity contribution in [2.24, 2.45) is 0 Å². The molecule has 1 saturated heterocycles. The van der Waals surface area contributed by atoms with Crippen molar-refractivity contribution >= 4 is 27.7 Å². The van der Waals surface area contributed by atoms with Crippen LogP contribution in [0.25, 0.3) is 0 Å². The number of hydrogen-bond acceptors (Lipinski definition) is 2. The smallest absolute Gasteiger partial charge is 0.236 e. The minimum absolute atomic E-state index is 0.00799. The summed E-state index contributed by atoms with van der Waals surface area (Å²) in [5.74, 6) is 0.144. The Labute approximate surface area is 105 Å². The first kappa shape index (κ1) is 13.5. The van der Waals surface area contributed by atoms with Gasteiger partial charge in [-0.15, -0.1) is 0 Å². The van der Waals surface area contributed by atoms with Crippen LogP contribution < -0.4 is 5.32 Å². The lowest BCUT2D eigenvalue weighted by Gasteiger charge is -2.24. The fourth-order valence-corrected chi connectivity index (χ4v) is 1.78. The summed E-state index contributed by atoms with van der Waals surface area (Å²) in [5.41, 5.74) is 0. The second-order valence-corrected chi connectivity index (χ2v) is 6.77. The van der Waals surface area contributed by atoms with Crippen LogP contribution in [0.1, 0.15) is 33.6 Å². The van der Waals surface area contributed by atoms with E-state index in [-0.39, 0.29) is 17.9 Å². The second-order valence-electron chi connectivity index (χ2n) is 4.79. The van der Waals surface area contributed by atoms with E-state index in [2.05, 4.69) is 21.2 Å². The highest BCUT2D eigenvalue weighted by molar-refractivity contribution is 9.10. The van der Waals surface area contributed by atoms with E-state index in [4.69, 9.17) is 0 Å². The van der Waals surface area contributed by atoms with Crippen molar-refractivity contribution in [2.45, 2.75) is 44.0 Å². The molecule has 0 radical (unpaired) electrons. The number of hydrogen-bond donors (Lipinski definition) is 1. The van der Waals surface area contributed by atoms with E-state index >= 15 is 0 Å². The molecule has 0 aromatic heterocycles. The summed E-state index contributed by atoms with van der Waals surface area (Å²) in [6.07, 6.45) is 1.58. The van der Waals surface area contributed by atoms with Gasteiger partial charge in [0.1, 0.15) is 0 Å². The predicted octanol–water partition coefficient (Wildman–Crippen LogP) is 1.29. The molecule has 0 bridgehead atoms. The Hall–Kier alpha value is -0.580. The number of carbonyl (C=O) groups excluding carboxylic acids is 2. The van der Waals surface area contributed by atoms with Gasteiger partial charge in [0.05, 0.1) is 4.32 Å². The minimum atomic E-state index is -0.559. The molecule has 1 aliphatic rings. The van der Waals surface area contributed by atoms with Crippen LogP contribution in [0.4, 0.5) is 0 Å². The number of rotatable bonds is 4. The van der Waals surface area contributed by atoms with Crippen molar-refractivity contribution < 1.29 is 9.59 Å². The summed E-state index contributed by atoms with van der Waals surface area (Å²) in [5, 5.41) is 2.89. The largest absolute Gasteiger partial charge is 0.351 e. The van der Waals surface area contributed by atoms with Gasteiger partial charge in [0.25, 0.3) is 0 Å². The Kier molecular flexibility index (Phi) is 4.35. The Morgan fingerprint density at radius 2 is 2.25 bits per heavy atom. The molecule has 0 spiro atoms. The maximum Gasteiger partial charge on any atom is 0.236 e. The summed E-state index contributed by atoms with van der Waals surface area (Å²) in [6, 6.07) is -0.00799. The highest BCUT2D eigenvalue weighted by Crippen LogP contribution is 2.16. The average molecular weight is 291 g/mol. The van der Waals surface area contributed by atoms with E-state index in [1.54, 1.807) is 13.8 Å². The van der Waals surface area contributed by atoms with E-state index in [0.29, 0.717) is 13.0 Å². The first-order chi connectivity index (χ1) is 7.30. The van der Waals surface area contributed by atoms with Gasteiger partial charge in [0.15, 0.2) is 0 Å². The van der Waals surface area contributed by atoms with Crippen molar-refractivity contribution in [3.05, 3.63) is 0 Å². The van der Waals surface area contributed by atoms with E-state index in [0.717, 1.165) is 13.0 Å². The molecule has 1 unspecified atom stereocenters. The Morgan fingerprint density at radius 3 is 2.69 bits per heavy atom. The van der Waals surface area contributed by atoms with Crippen LogP contribution in [-0.4, -0.2) is 40.2 Å². The van der Waals surface area contributed by atoms with Gasteiger partial charge in [0.2, 0.25) is 11.8 Å². The van der Waals surface area contributed by atoms with Crippen LogP contribution in [0.5, 0.6) is 0 Å². The number of halogens is 1. The Morgan fingerprint density at radius 1 is 1.62 bits per heavy atom. The van der Waals surface area contributed by atoms with Crippen LogP contribution in [0.3, 0.4) is 0 Å². The molecule has 1 aliphatic heterocycles. The van der Waals surface area contributed by atoms with E-state index in [1.165, 1.54) is 0 Å². The predicted molar refractivity (Wildman–Crippen MR) is 66.4 cm³/mol. The third-order valence-corrected chi connectivity index (χ3v) is 2.94. The van der Waals surface area contributed by atoms with Gasteiger partial charge >= 0.3 is 0 Å². The third-order valence-electron chi connectivity index (χ3n) is 2.58. The second kappa shape index (κ2) is 5.17. The summed E-state index contributed by atoms with van der Waals surface area (Å²) in [4.78, 5) is 24.9. The van der Waals surface area contributed by atoms with Crippen LogP contribution in [0.15, 0.2) is 0 Å². The first-order valence-corrected chi connectivity index (χ1v) is 6.37. The number of nitrogens with one attached hydrogen (secondary N) is 1. The molecule has 2 amide bonds. The molecule has 1 fully saturated rings. The lowest BCUT2D eigenvalue weighted by molar-refractivity contribution is -0.129. The Balaban J connectivity index is 2.39. The molecule has 0 aliphatic carbocycles. The Bertz CT molecular complexity index is 286. The van der Waals surface area contributed by atoms with E-state index < -0.39 is 4.32 Å². The van der Waals surface area contributed by atoms with Gasteiger partial charge in [-0.2, -0.15) is 0 Å². The molecular weight excluding hydrogens is 272 g/mol. The van der Waals surface area contributed by atoms with E-state index in [9.17, 15) is 9.59 Å². The highest BCUT2D eigenvalue weighted by atomic mass is 79.9. The zero-order valence-electron chi connectivity index (χ0n) is 10.0. The third kappa shape index (κ3) is 3.77. The first-order valence-electron chi connectivity index (χ1n) is 5.58. The quantitative estimate of drug-likeness (QED) is 0.793. The number of likely N-dealkylation sites (tertiary alicyclic amines) is 1.